The summed E-state index contributed by atoms with van der Waals surface area (Å²) < 4.78 is 16.1. The molecule has 3 rings (SSSR count). The molecule has 1 aromatic carbocycles. The Morgan fingerprint density at radius 2 is 2.09 bits per heavy atom. The van der Waals surface area contributed by atoms with E-state index in [4.69, 9.17) is 13.9 Å². The summed E-state index contributed by atoms with van der Waals surface area (Å²) in [5.74, 6) is 1.21. The summed E-state index contributed by atoms with van der Waals surface area (Å²) in [6.45, 7) is 0.524. The lowest BCUT2D eigenvalue weighted by Crippen LogP contribution is -2.25. The van der Waals surface area contributed by atoms with Gasteiger partial charge in [-0.1, -0.05) is 6.07 Å². The van der Waals surface area contributed by atoms with E-state index in [0.717, 1.165) is 5.56 Å². The number of benzene rings is 1. The van der Waals surface area contributed by atoms with Crippen molar-refractivity contribution in [3.05, 3.63) is 46.3 Å². The Balaban J connectivity index is 1.52. The minimum Gasteiger partial charge on any atom is -0.454 e. The van der Waals surface area contributed by atoms with Crippen molar-refractivity contribution in [2.45, 2.75) is 12.5 Å². The topological polar surface area (TPSA) is 80.9 Å². The highest BCUT2D eigenvalue weighted by molar-refractivity contribution is 9.10. The van der Waals surface area contributed by atoms with E-state index in [1.807, 2.05) is 0 Å². The number of halogens is 1. The zero-order chi connectivity index (χ0) is 15.5. The maximum Gasteiger partial charge on any atom is 0.287 e. The SMILES string of the molecule is O=C(NCC[C@H](O)c1ccc2c(c1)OCO2)c1ccc(Br)o1. The molecule has 2 heterocycles. The Morgan fingerprint density at radius 1 is 1.27 bits per heavy atom. The van der Waals surface area contributed by atoms with Gasteiger partial charge in [-0.2, -0.15) is 0 Å². The predicted octanol–water partition coefficient (Wildman–Crippen LogP) is 2.62. The molecule has 0 radical (unpaired) electrons. The van der Waals surface area contributed by atoms with Crippen LogP contribution in [0.25, 0.3) is 0 Å². The van der Waals surface area contributed by atoms with Gasteiger partial charge in [0.1, 0.15) is 0 Å². The van der Waals surface area contributed by atoms with Crippen molar-refractivity contribution in [3.63, 3.8) is 0 Å². The molecule has 2 aromatic rings. The second-order valence-corrected chi connectivity index (χ2v) is 5.56. The van der Waals surface area contributed by atoms with Crippen molar-refractivity contribution in [3.8, 4) is 11.5 Å². The van der Waals surface area contributed by atoms with Gasteiger partial charge < -0.3 is 24.3 Å². The van der Waals surface area contributed by atoms with E-state index in [1.165, 1.54) is 0 Å². The van der Waals surface area contributed by atoms with E-state index in [-0.39, 0.29) is 18.5 Å². The third-order valence-electron chi connectivity index (χ3n) is 3.28. The fourth-order valence-electron chi connectivity index (χ4n) is 2.13. The standard InChI is InChI=1S/C15H14BrNO5/c16-14-4-3-12(22-14)15(19)17-6-5-10(18)9-1-2-11-13(7-9)21-8-20-11/h1-4,7,10,18H,5-6,8H2,(H,17,19)/t10-/m0/s1. The van der Waals surface area contributed by atoms with Gasteiger partial charge in [0, 0.05) is 6.54 Å². The number of hydrogen-bond acceptors (Lipinski definition) is 5. The molecule has 1 atom stereocenters. The van der Waals surface area contributed by atoms with Crippen molar-refractivity contribution in [1.82, 2.24) is 5.32 Å². The molecule has 0 spiro atoms. The summed E-state index contributed by atoms with van der Waals surface area (Å²) in [7, 11) is 0. The average Bonchev–Trinajstić information content (AvgIpc) is 3.14. The Kier molecular flexibility index (Phi) is 4.35. The number of carbonyl (C=O) groups is 1. The van der Waals surface area contributed by atoms with Crippen LogP contribution in [0.3, 0.4) is 0 Å². The van der Waals surface area contributed by atoms with Crippen LogP contribution < -0.4 is 14.8 Å². The predicted molar refractivity (Wildman–Crippen MR) is 80.9 cm³/mol. The number of rotatable bonds is 5. The molecular formula is C15H14BrNO5. The quantitative estimate of drug-likeness (QED) is 0.848. The van der Waals surface area contributed by atoms with E-state index < -0.39 is 6.10 Å². The third-order valence-corrected chi connectivity index (χ3v) is 3.71. The van der Waals surface area contributed by atoms with Crippen LogP contribution in [0.5, 0.6) is 11.5 Å². The minimum atomic E-state index is -0.696. The Bertz CT molecular complexity index is 684. The van der Waals surface area contributed by atoms with Crippen LogP contribution in [0.1, 0.15) is 28.6 Å². The second kappa shape index (κ2) is 6.41. The molecule has 7 heteroatoms. The number of aliphatic hydroxyl groups excluding tert-OH is 1. The number of fused-ring (bicyclic) bond motifs is 1. The fraction of sp³-hybridized carbons (Fsp3) is 0.267. The molecular weight excluding hydrogens is 354 g/mol. The van der Waals surface area contributed by atoms with E-state index in [0.29, 0.717) is 29.1 Å². The smallest absolute Gasteiger partial charge is 0.287 e. The zero-order valence-corrected chi connectivity index (χ0v) is 13.1. The van der Waals surface area contributed by atoms with Crippen LogP contribution in [-0.4, -0.2) is 24.4 Å². The zero-order valence-electron chi connectivity index (χ0n) is 11.5. The molecule has 0 saturated carbocycles. The first kappa shape index (κ1) is 14.9. The summed E-state index contributed by atoms with van der Waals surface area (Å²) in [6, 6.07) is 8.52. The van der Waals surface area contributed by atoms with Gasteiger partial charge >= 0.3 is 0 Å². The van der Waals surface area contributed by atoms with Gasteiger partial charge in [-0.05, 0) is 52.2 Å². The number of nitrogens with one attached hydrogen (secondary N) is 1. The largest absolute Gasteiger partial charge is 0.454 e. The molecule has 2 N–H and O–H groups in total. The van der Waals surface area contributed by atoms with Crippen LogP contribution in [-0.2, 0) is 0 Å². The average molecular weight is 368 g/mol. The maximum absolute atomic E-state index is 11.8. The number of aliphatic hydroxyl groups is 1. The van der Waals surface area contributed by atoms with Gasteiger partial charge in [-0.25, -0.2) is 0 Å². The van der Waals surface area contributed by atoms with Gasteiger partial charge in [0.2, 0.25) is 6.79 Å². The Labute approximate surface area is 135 Å². The summed E-state index contributed by atoms with van der Waals surface area (Å²) >= 11 is 3.14. The Hall–Kier alpha value is -1.99. The monoisotopic (exact) mass is 367 g/mol. The molecule has 1 aliphatic rings. The van der Waals surface area contributed by atoms with E-state index in [2.05, 4.69) is 21.2 Å². The van der Waals surface area contributed by atoms with Gasteiger partial charge in [0.25, 0.3) is 5.91 Å². The van der Waals surface area contributed by atoms with Crippen molar-refractivity contribution >= 4 is 21.8 Å². The number of ether oxygens (including phenoxy) is 2. The van der Waals surface area contributed by atoms with Gasteiger partial charge in [-0.3, -0.25) is 4.79 Å². The molecule has 1 aromatic heterocycles. The molecule has 6 nitrogen and oxygen atoms in total. The summed E-state index contributed by atoms with van der Waals surface area (Å²) in [5.41, 5.74) is 0.722. The first-order chi connectivity index (χ1) is 10.6. The van der Waals surface area contributed by atoms with Crippen LogP contribution in [0.4, 0.5) is 0 Å². The molecule has 1 aliphatic heterocycles. The molecule has 0 fully saturated rings. The fourth-order valence-corrected chi connectivity index (χ4v) is 2.44. The maximum atomic E-state index is 11.8. The highest BCUT2D eigenvalue weighted by atomic mass is 79.9. The highest BCUT2D eigenvalue weighted by Crippen LogP contribution is 2.34. The molecule has 22 heavy (non-hydrogen) atoms. The molecule has 0 unspecified atom stereocenters. The minimum absolute atomic E-state index is 0.198. The van der Waals surface area contributed by atoms with E-state index in [1.54, 1.807) is 30.3 Å². The first-order valence-corrected chi connectivity index (χ1v) is 7.54. The van der Waals surface area contributed by atoms with Crippen molar-refractivity contribution in [2.24, 2.45) is 0 Å². The summed E-state index contributed by atoms with van der Waals surface area (Å²) in [6.07, 6.45) is -0.314. The van der Waals surface area contributed by atoms with Crippen LogP contribution in [0.2, 0.25) is 0 Å². The van der Waals surface area contributed by atoms with Gasteiger partial charge in [0.05, 0.1) is 6.10 Å². The first-order valence-electron chi connectivity index (χ1n) is 6.74. The highest BCUT2D eigenvalue weighted by Gasteiger charge is 2.17. The molecule has 0 bridgehead atoms. The second-order valence-electron chi connectivity index (χ2n) is 4.78. The number of furan rings is 1. The van der Waals surface area contributed by atoms with Crippen molar-refractivity contribution in [2.75, 3.05) is 13.3 Å². The molecule has 116 valence electrons. The number of amides is 1. The normalized spacial score (nSPS) is 13.9. The van der Waals surface area contributed by atoms with E-state index in [9.17, 15) is 9.90 Å². The summed E-state index contributed by atoms with van der Waals surface area (Å²) in [5, 5.41) is 12.9. The van der Waals surface area contributed by atoms with Crippen molar-refractivity contribution < 1.29 is 23.8 Å². The number of carbonyl (C=O) groups excluding carboxylic acids is 1. The van der Waals surface area contributed by atoms with Gasteiger partial charge in [0.15, 0.2) is 21.9 Å². The number of hydrogen-bond donors (Lipinski definition) is 2. The lowest BCUT2D eigenvalue weighted by molar-refractivity contribution is 0.0913. The van der Waals surface area contributed by atoms with Crippen LogP contribution in [0, 0.1) is 0 Å². The third kappa shape index (κ3) is 3.26. The summed E-state index contributed by atoms with van der Waals surface area (Å²) in [4.78, 5) is 11.8. The van der Waals surface area contributed by atoms with Crippen LogP contribution in [0.15, 0.2) is 39.4 Å². The lowest BCUT2D eigenvalue weighted by Gasteiger charge is -2.12. The van der Waals surface area contributed by atoms with Crippen molar-refractivity contribution in [1.29, 1.82) is 0 Å². The Morgan fingerprint density at radius 3 is 2.86 bits per heavy atom. The molecule has 0 saturated heterocycles. The van der Waals surface area contributed by atoms with E-state index >= 15 is 0 Å². The van der Waals surface area contributed by atoms with Gasteiger partial charge in [-0.15, -0.1) is 0 Å². The molecule has 1 amide bonds. The molecule has 0 aliphatic carbocycles. The lowest BCUT2D eigenvalue weighted by atomic mass is 10.1. The van der Waals surface area contributed by atoms with Crippen LogP contribution >= 0.6 is 15.9 Å².